The van der Waals surface area contributed by atoms with Gasteiger partial charge >= 0.3 is 6.18 Å². The summed E-state index contributed by atoms with van der Waals surface area (Å²) in [5.41, 5.74) is 4.67. The molecule has 1 aliphatic rings. The molecule has 1 aliphatic heterocycles. The summed E-state index contributed by atoms with van der Waals surface area (Å²) in [6.07, 6.45) is -3.22. The molecule has 198 valence electrons. The molecule has 5 nitrogen and oxygen atoms in total. The SMILES string of the molecule is NC(=CC(=Nc1ccccc1Cl)c1ccc(C(=O)N2CCC(O)(c3ccc(Br)cc3)CC2)cc1)C(F)(F)F. The molecule has 10 heteroatoms. The van der Waals surface area contributed by atoms with E-state index in [1.807, 2.05) is 24.3 Å². The number of para-hydroxylation sites is 1. The lowest BCUT2D eigenvalue weighted by atomic mass is 9.84. The van der Waals surface area contributed by atoms with Crippen LogP contribution in [0, 0.1) is 0 Å². The molecule has 3 aromatic carbocycles. The summed E-state index contributed by atoms with van der Waals surface area (Å²) < 4.78 is 40.4. The molecule has 0 unspecified atom stereocenters. The lowest BCUT2D eigenvalue weighted by molar-refractivity contribution is -0.0925. The van der Waals surface area contributed by atoms with Gasteiger partial charge in [-0.15, -0.1) is 0 Å². The Balaban J connectivity index is 1.54. The number of alkyl halides is 3. The van der Waals surface area contributed by atoms with Crippen LogP contribution in [-0.2, 0) is 5.60 Å². The molecular weight excluding hydrogens is 583 g/mol. The highest BCUT2D eigenvalue weighted by atomic mass is 79.9. The molecule has 4 rings (SSSR count). The third kappa shape index (κ3) is 6.46. The molecule has 0 atom stereocenters. The smallest absolute Gasteiger partial charge is 0.395 e. The summed E-state index contributed by atoms with van der Waals surface area (Å²) in [6.45, 7) is 0.717. The molecule has 0 bridgehead atoms. The van der Waals surface area contributed by atoms with Crippen LogP contribution < -0.4 is 5.73 Å². The van der Waals surface area contributed by atoms with Crippen molar-refractivity contribution in [3.63, 3.8) is 0 Å². The lowest BCUT2D eigenvalue weighted by Gasteiger charge is -2.38. The van der Waals surface area contributed by atoms with Crippen molar-refractivity contribution in [3.8, 4) is 0 Å². The van der Waals surface area contributed by atoms with Crippen molar-refractivity contribution >= 4 is 44.8 Å². The average Bonchev–Trinajstić information content (AvgIpc) is 2.89. The van der Waals surface area contributed by atoms with Crippen LogP contribution in [0.5, 0.6) is 0 Å². The molecule has 0 radical (unpaired) electrons. The highest BCUT2D eigenvalue weighted by Crippen LogP contribution is 2.34. The van der Waals surface area contributed by atoms with E-state index in [4.69, 9.17) is 17.3 Å². The minimum atomic E-state index is -4.73. The van der Waals surface area contributed by atoms with Crippen molar-refractivity contribution in [1.82, 2.24) is 4.90 Å². The van der Waals surface area contributed by atoms with Crippen molar-refractivity contribution in [1.29, 1.82) is 0 Å². The number of carbonyl (C=O) groups is 1. The highest BCUT2D eigenvalue weighted by Gasteiger charge is 2.36. The van der Waals surface area contributed by atoms with Crippen LogP contribution in [0.2, 0.25) is 5.02 Å². The number of aliphatic imine (C=N–C) groups is 1. The van der Waals surface area contributed by atoms with Gasteiger partial charge < -0.3 is 15.7 Å². The number of benzene rings is 3. The fraction of sp³-hybridized carbons (Fsp3) is 0.214. The van der Waals surface area contributed by atoms with E-state index in [9.17, 15) is 23.1 Å². The van der Waals surface area contributed by atoms with E-state index < -0.39 is 17.5 Å². The van der Waals surface area contributed by atoms with Gasteiger partial charge in [-0.05, 0) is 60.9 Å². The number of likely N-dealkylation sites (tertiary alicyclic amines) is 1. The van der Waals surface area contributed by atoms with Gasteiger partial charge in [0.2, 0.25) is 0 Å². The number of allylic oxidation sites excluding steroid dienone is 2. The maximum atomic E-state index is 13.2. The lowest BCUT2D eigenvalue weighted by Crippen LogP contribution is -2.45. The number of nitrogens with two attached hydrogens (primary N) is 1. The Hall–Kier alpha value is -3.14. The molecule has 1 heterocycles. The molecule has 1 saturated heterocycles. The largest absolute Gasteiger partial charge is 0.430 e. The number of halogens is 5. The topological polar surface area (TPSA) is 78.9 Å². The predicted molar refractivity (Wildman–Crippen MR) is 146 cm³/mol. The Morgan fingerprint density at radius 2 is 1.58 bits per heavy atom. The van der Waals surface area contributed by atoms with Crippen LogP contribution in [0.25, 0.3) is 0 Å². The molecule has 0 saturated carbocycles. The zero-order valence-corrected chi connectivity index (χ0v) is 22.4. The summed E-state index contributed by atoms with van der Waals surface area (Å²) in [4.78, 5) is 19.1. The van der Waals surface area contributed by atoms with E-state index >= 15 is 0 Å². The van der Waals surface area contributed by atoms with Crippen molar-refractivity contribution < 1.29 is 23.1 Å². The molecule has 3 aromatic rings. The summed E-state index contributed by atoms with van der Waals surface area (Å²) in [7, 11) is 0. The van der Waals surface area contributed by atoms with Crippen LogP contribution in [0.15, 0.2) is 94.0 Å². The molecular formula is C28H24BrClF3N3O2. The second-order valence-corrected chi connectivity index (χ2v) is 10.3. The first-order valence-corrected chi connectivity index (χ1v) is 12.9. The van der Waals surface area contributed by atoms with E-state index in [1.54, 1.807) is 29.2 Å². The van der Waals surface area contributed by atoms with Gasteiger partial charge in [-0.1, -0.05) is 63.9 Å². The molecule has 0 spiro atoms. The van der Waals surface area contributed by atoms with Crippen LogP contribution in [0.1, 0.15) is 34.3 Å². The van der Waals surface area contributed by atoms with Crippen LogP contribution in [0.3, 0.4) is 0 Å². The van der Waals surface area contributed by atoms with Gasteiger partial charge in [0.25, 0.3) is 5.91 Å². The fourth-order valence-corrected chi connectivity index (χ4v) is 4.62. The number of aliphatic hydroxyl groups is 1. The number of carbonyl (C=O) groups excluding carboxylic acids is 1. The van der Waals surface area contributed by atoms with Crippen LogP contribution in [0.4, 0.5) is 18.9 Å². The minimum absolute atomic E-state index is 0.0514. The second-order valence-electron chi connectivity index (χ2n) is 8.95. The third-order valence-corrected chi connectivity index (χ3v) is 7.25. The molecule has 0 aromatic heterocycles. The van der Waals surface area contributed by atoms with Gasteiger partial charge in [0.1, 0.15) is 5.70 Å². The molecule has 0 aliphatic carbocycles. The van der Waals surface area contributed by atoms with E-state index in [0.717, 1.165) is 16.1 Å². The van der Waals surface area contributed by atoms with Gasteiger partial charge in [-0.2, -0.15) is 13.2 Å². The Morgan fingerprint density at radius 3 is 2.16 bits per heavy atom. The van der Waals surface area contributed by atoms with Crippen molar-refractivity contribution in [2.75, 3.05) is 13.1 Å². The molecule has 3 N–H and O–H groups in total. The highest BCUT2D eigenvalue weighted by molar-refractivity contribution is 9.10. The predicted octanol–water partition coefficient (Wildman–Crippen LogP) is 6.75. The Kier molecular flexibility index (Phi) is 8.30. The number of amides is 1. The first-order valence-electron chi connectivity index (χ1n) is 11.7. The van der Waals surface area contributed by atoms with E-state index in [2.05, 4.69) is 20.9 Å². The van der Waals surface area contributed by atoms with Gasteiger partial charge in [0.15, 0.2) is 0 Å². The summed E-state index contributed by atoms with van der Waals surface area (Å²) in [6, 6.07) is 20.1. The van der Waals surface area contributed by atoms with Crippen molar-refractivity contribution in [2.24, 2.45) is 10.7 Å². The Morgan fingerprint density at radius 1 is 1.00 bits per heavy atom. The zero-order chi connectivity index (χ0) is 27.5. The summed E-state index contributed by atoms with van der Waals surface area (Å²) in [5.74, 6) is -0.232. The van der Waals surface area contributed by atoms with Gasteiger partial charge in [-0.25, -0.2) is 4.99 Å². The van der Waals surface area contributed by atoms with Gasteiger partial charge in [0.05, 0.1) is 22.0 Å². The minimum Gasteiger partial charge on any atom is -0.395 e. The fourth-order valence-electron chi connectivity index (χ4n) is 4.18. The monoisotopic (exact) mass is 605 g/mol. The molecule has 1 amide bonds. The summed E-state index contributed by atoms with van der Waals surface area (Å²) >= 11 is 9.54. The normalized spacial score (nSPS) is 16.4. The number of hydrogen-bond donors (Lipinski definition) is 2. The first-order chi connectivity index (χ1) is 18.0. The number of rotatable bonds is 5. The van der Waals surface area contributed by atoms with Gasteiger partial charge in [0, 0.05) is 28.7 Å². The number of nitrogens with zero attached hydrogens (tertiary/aromatic N) is 2. The quantitative estimate of drug-likeness (QED) is 0.315. The van der Waals surface area contributed by atoms with E-state index in [0.29, 0.717) is 37.1 Å². The summed E-state index contributed by atoms with van der Waals surface area (Å²) in [5, 5.41) is 11.4. The van der Waals surface area contributed by atoms with Crippen LogP contribution >= 0.6 is 27.5 Å². The maximum absolute atomic E-state index is 13.2. The van der Waals surface area contributed by atoms with Crippen molar-refractivity contribution in [2.45, 2.75) is 24.6 Å². The third-order valence-electron chi connectivity index (χ3n) is 6.40. The zero-order valence-electron chi connectivity index (χ0n) is 20.1. The molecule has 38 heavy (non-hydrogen) atoms. The number of hydrogen-bond acceptors (Lipinski definition) is 4. The van der Waals surface area contributed by atoms with E-state index in [-0.39, 0.29) is 22.3 Å². The van der Waals surface area contributed by atoms with Crippen molar-refractivity contribution in [3.05, 3.63) is 111 Å². The van der Waals surface area contributed by atoms with Crippen LogP contribution in [-0.4, -0.2) is 40.9 Å². The Labute approximate surface area is 231 Å². The molecule has 1 fully saturated rings. The van der Waals surface area contributed by atoms with Gasteiger partial charge in [-0.3, -0.25) is 4.79 Å². The first kappa shape index (κ1) is 27.9. The van der Waals surface area contributed by atoms with E-state index in [1.165, 1.54) is 24.3 Å². The number of piperidine rings is 1. The standard InChI is InChI=1S/C28H24BrClF3N3O2/c29-21-11-9-20(10-12-21)27(38)13-15-36(16-14-27)26(37)19-7-5-18(6-8-19)24(17-25(34)28(31,32)33)35-23-4-2-1-3-22(23)30/h1-12,17,38H,13-16,34H2. The maximum Gasteiger partial charge on any atom is 0.430 e. The average molecular weight is 607 g/mol. The second kappa shape index (κ2) is 11.3. The Bertz CT molecular complexity index is 1370.